The minimum Gasteiger partial charge on any atom is -0.366 e. The number of rotatable bonds is 4. The summed E-state index contributed by atoms with van der Waals surface area (Å²) in [7, 11) is 0. The number of pyridine rings is 1. The van der Waals surface area contributed by atoms with Crippen LogP contribution in [0.15, 0.2) is 36.5 Å². The normalized spacial score (nSPS) is 17.3. The lowest BCUT2D eigenvalue weighted by Gasteiger charge is -2.39. The lowest BCUT2D eigenvalue weighted by atomic mass is 9.94. The number of nitro groups is 1. The number of aromatic nitrogens is 1. The zero-order valence-corrected chi connectivity index (χ0v) is 18.7. The molecule has 0 spiro atoms. The maximum atomic E-state index is 13.1. The van der Waals surface area contributed by atoms with E-state index in [1.165, 1.54) is 0 Å². The molecule has 3 heterocycles. The molecule has 2 aliphatic rings. The molecule has 35 heavy (non-hydrogen) atoms. The molecule has 2 saturated heterocycles. The van der Waals surface area contributed by atoms with Crippen LogP contribution in [0, 0.1) is 27.4 Å². The Morgan fingerprint density at radius 2 is 1.77 bits per heavy atom. The molecule has 2 fully saturated rings. The lowest BCUT2D eigenvalue weighted by Crippen LogP contribution is -2.52. The number of alkyl halides is 3. The van der Waals surface area contributed by atoms with E-state index in [9.17, 15) is 33.3 Å². The predicted octanol–water partition coefficient (Wildman–Crippen LogP) is 3.45. The molecule has 1 amide bonds. The van der Waals surface area contributed by atoms with Crippen LogP contribution in [0.25, 0.3) is 0 Å². The first kappa shape index (κ1) is 24.3. The summed E-state index contributed by atoms with van der Waals surface area (Å²) >= 11 is 0. The van der Waals surface area contributed by atoms with Gasteiger partial charge in [-0.05, 0) is 37.1 Å². The highest BCUT2D eigenvalue weighted by Crippen LogP contribution is 2.38. The number of piperidine rings is 1. The number of anilines is 2. The summed E-state index contributed by atoms with van der Waals surface area (Å²) < 4.78 is 38.9. The second kappa shape index (κ2) is 9.77. The maximum absolute atomic E-state index is 13.1. The molecule has 2 aliphatic heterocycles. The van der Waals surface area contributed by atoms with Gasteiger partial charge >= 0.3 is 6.18 Å². The molecule has 4 rings (SSSR count). The van der Waals surface area contributed by atoms with Gasteiger partial charge in [0, 0.05) is 57.4 Å². The fourth-order valence-electron chi connectivity index (χ4n) is 4.61. The number of amides is 1. The minimum absolute atomic E-state index is 0.00717. The number of halogens is 3. The molecule has 0 N–H and O–H groups in total. The topological polar surface area (TPSA) is 107 Å². The van der Waals surface area contributed by atoms with Gasteiger partial charge in [0.05, 0.1) is 16.1 Å². The molecule has 0 radical (unpaired) electrons. The number of piperazine rings is 1. The van der Waals surface area contributed by atoms with E-state index >= 15 is 0 Å². The Morgan fingerprint density at radius 3 is 2.37 bits per heavy atom. The van der Waals surface area contributed by atoms with E-state index in [1.807, 2.05) is 4.90 Å². The second-order valence-electron chi connectivity index (χ2n) is 8.52. The Labute approximate surface area is 199 Å². The SMILES string of the molecule is N#Cc1cccnc1N1CCN(C(=O)C2CCN(c3ccc(C(F)(F)F)cc3[N+](=O)[O-])CC2)CC1. The molecule has 0 aliphatic carbocycles. The van der Waals surface area contributed by atoms with Crippen LogP contribution in [0.3, 0.4) is 0 Å². The standard InChI is InChI=1S/C23H23F3N6O3/c24-23(25,26)18-3-4-19(20(14-18)32(34)35)29-8-5-16(6-9-29)22(33)31-12-10-30(11-13-31)21-17(15-27)2-1-7-28-21/h1-4,7,14,16H,5-6,8-13H2. The first-order valence-electron chi connectivity index (χ1n) is 11.2. The van der Waals surface area contributed by atoms with Crippen molar-refractivity contribution in [3.63, 3.8) is 0 Å². The molecule has 1 aromatic heterocycles. The Kier molecular flexibility index (Phi) is 6.77. The van der Waals surface area contributed by atoms with Crippen LogP contribution in [0.1, 0.15) is 24.0 Å². The summed E-state index contributed by atoms with van der Waals surface area (Å²) in [4.78, 5) is 33.4. The van der Waals surface area contributed by atoms with Gasteiger partial charge in [0.1, 0.15) is 17.6 Å². The van der Waals surface area contributed by atoms with E-state index in [0.29, 0.717) is 69.6 Å². The van der Waals surface area contributed by atoms with Crippen LogP contribution in [0.2, 0.25) is 0 Å². The number of carbonyl (C=O) groups is 1. The van der Waals surface area contributed by atoms with Crippen LogP contribution in [-0.4, -0.2) is 60.0 Å². The first-order valence-corrected chi connectivity index (χ1v) is 11.2. The Hall–Kier alpha value is -3.88. The molecule has 0 saturated carbocycles. The summed E-state index contributed by atoms with van der Waals surface area (Å²) in [6.07, 6.45) is -2.13. The highest BCUT2D eigenvalue weighted by Gasteiger charge is 2.36. The number of carbonyl (C=O) groups excluding carboxylic acids is 1. The van der Waals surface area contributed by atoms with Gasteiger partial charge in [-0.15, -0.1) is 0 Å². The third-order valence-corrected chi connectivity index (χ3v) is 6.48. The monoisotopic (exact) mass is 488 g/mol. The van der Waals surface area contributed by atoms with Crippen LogP contribution >= 0.6 is 0 Å². The van der Waals surface area contributed by atoms with Gasteiger partial charge < -0.3 is 14.7 Å². The molecule has 12 heteroatoms. The molecule has 9 nitrogen and oxygen atoms in total. The number of benzene rings is 1. The third kappa shape index (κ3) is 5.13. The average molecular weight is 488 g/mol. The smallest absolute Gasteiger partial charge is 0.366 e. The molecular weight excluding hydrogens is 465 g/mol. The van der Waals surface area contributed by atoms with E-state index in [4.69, 9.17) is 0 Å². The predicted molar refractivity (Wildman–Crippen MR) is 121 cm³/mol. The van der Waals surface area contributed by atoms with Gasteiger partial charge in [-0.3, -0.25) is 14.9 Å². The van der Waals surface area contributed by atoms with Crippen molar-refractivity contribution < 1.29 is 22.9 Å². The Morgan fingerprint density at radius 1 is 1.09 bits per heavy atom. The average Bonchev–Trinajstić information content (AvgIpc) is 2.87. The fourth-order valence-corrected chi connectivity index (χ4v) is 4.61. The van der Waals surface area contributed by atoms with E-state index in [0.717, 1.165) is 12.1 Å². The largest absolute Gasteiger partial charge is 0.416 e. The minimum atomic E-state index is -4.67. The van der Waals surface area contributed by atoms with Gasteiger partial charge in [0.25, 0.3) is 5.69 Å². The molecule has 184 valence electrons. The van der Waals surface area contributed by atoms with Gasteiger partial charge in [-0.2, -0.15) is 18.4 Å². The molecule has 0 atom stereocenters. The van der Waals surface area contributed by atoms with Crippen LogP contribution < -0.4 is 9.80 Å². The van der Waals surface area contributed by atoms with Crippen molar-refractivity contribution in [2.24, 2.45) is 5.92 Å². The summed E-state index contributed by atoms with van der Waals surface area (Å²) in [5, 5.41) is 20.7. The van der Waals surface area contributed by atoms with Crippen LogP contribution in [-0.2, 0) is 11.0 Å². The third-order valence-electron chi connectivity index (χ3n) is 6.48. The first-order chi connectivity index (χ1) is 16.7. The van der Waals surface area contributed by atoms with Crippen molar-refractivity contribution in [2.45, 2.75) is 19.0 Å². The summed E-state index contributed by atoms with van der Waals surface area (Å²) in [6.45, 7) is 2.75. The van der Waals surface area contributed by atoms with Crippen molar-refractivity contribution in [1.29, 1.82) is 5.26 Å². The molecule has 1 aromatic carbocycles. The maximum Gasteiger partial charge on any atom is 0.416 e. The van der Waals surface area contributed by atoms with Crippen molar-refractivity contribution in [2.75, 3.05) is 49.1 Å². The Balaban J connectivity index is 1.36. The number of nitrogens with zero attached hydrogens (tertiary/aromatic N) is 6. The second-order valence-corrected chi connectivity index (χ2v) is 8.52. The molecule has 2 aromatic rings. The van der Waals surface area contributed by atoms with Gasteiger partial charge in [-0.1, -0.05) is 0 Å². The highest BCUT2D eigenvalue weighted by molar-refractivity contribution is 5.80. The van der Waals surface area contributed by atoms with Crippen molar-refractivity contribution in [3.05, 3.63) is 57.8 Å². The number of nitro benzene ring substituents is 1. The number of nitriles is 1. The fraction of sp³-hybridized carbons (Fsp3) is 0.435. The van der Waals surface area contributed by atoms with Crippen molar-refractivity contribution >= 4 is 23.1 Å². The lowest BCUT2D eigenvalue weighted by molar-refractivity contribution is -0.384. The van der Waals surface area contributed by atoms with E-state index in [1.54, 1.807) is 28.1 Å². The summed E-state index contributed by atoms with van der Waals surface area (Å²) in [6, 6.07) is 8.08. The molecule has 0 unspecified atom stereocenters. The Bertz CT molecular complexity index is 1150. The van der Waals surface area contributed by atoms with E-state index in [2.05, 4.69) is 11.1 Å². The van der Waals surface area contributed by atoms with Gasteiger partial charge in [0.15, 0.2) is 0 Å². The van der Waals surface area contributed by atoms with Gasteiger partial charge in [0.2, 0.25) is 5.91 Å². The quantitative estimate of drug-likeness (QED) is 0.479. The van der Waals surface area contributed by atoms with Crippen molar-refractivity contribution in [1.82, 2.24) is 9.88 Å². The van der Waals surface area contributed by atoms with Crippen molar-refractivity contribution in [3.8, 4) is 6.07 Å². The number of hydrogen-bond donors (Lipinski definition) is 0. The molecular formula is C23H23F3N6O3. The molecule has 0 bridgehead atoms. The zero-order chi connectivity index (χ0) is 25.2. The highest BCUT2D eigenvalue weighted by atomic mass is 19.4. The van der Waals surface area contributed by atoms with Crippen LogP contribution in [0.4, 0.5) is 30.4 Å². The summed E-state index contributed by atoms with van der Waals surface area (Å²) in [5.74, 6) is 0.358. The van der Waals surface area contributed by atoms with Crippen LogP contribution in [0.5, 0.6) is 0 Å². The zero-order valence-electron chi connectivity index (χ0n) is 18.7. The van der Waals surface area contributed by atoms with Gasteiger partial charge in [-0.25, -0.2) is 4.98 Å². The number of hydrogen-bond acceptors (Lipinski definition) is 7. The van der Waals surface area contributed by atoms with E-state index < -0.39 is 22.4 Å². The van der Waals surface area contributed by atoms with E-state index in [-0.39, 0.29) is 17.5 Å². The summed E-state index contributed by atoms with van der Waals surface area (Å²) in [5.41, 5.74) is -1.04.